The molecule has 0 unspecified atom stereocenters. The molecular weight excluding hydrogens is 382 g/mol. The molecule has 0 saturated heterocycles. The van der Waals surface area contributed by atoms with Crippen molar-refractivity contribution in [2.24, 2.45) is 5.92 Å². The van der Waals surface area contributed by atoms with Crippen LogP contribution in [0.3, 0.4) is 0 Å². The van der Waals surface area contributed by atoms with Crippen LogP contribution >= 0.6 is 12.4 Å². The summed E-state index contributed by atoms with van der Waals surface area (Å²) in [4.78, 5) is 4.62. The maximum Gasteiger partial charge on any atom is 0.117 e. The van der Waals surface area contributed by atoms with Gasteiger partial charge in [0, 0.05) is 23.8 Å². The summed E-state index contributed by atoms with van der Waals surface area (Å²) in [5.74, 6) is 1.85. The summed E-state index contributed by atoms with van der Waals surface area (Å²) in [7, 11) is 0. The highest BCUT2D eigenvalue weighted by molar-refractivity contribution is 5.91. The first-order chi connectivity index (χ1) is 13.9. The Kier molecular flexibility index (Phi) is 8.38. The number of rotatable bonds is 9. The van der Waals surface area contributed by atoms with Gasteiger partial charge in [0.25, 0.3) is 0 Å². The van der Waals surface area contributed by atoms with Crippen LogP contribution in [0, 0.1) is 5.92 Å². The summed E-state index contributed by atoms with van der Waals surface area (Å²) >= 11 is 0. The zero-order valence-electron chi connectivity index (χ0n) is 17.0. The van der Waals surface area contributed by atoms with Gasteiger partial charge in [-0.25, -0.2) is 0 Å². The van der Waals surface area contributed by atoms with E-state index < -0.39 is 0 Å². The molecule has 1 aliphatic rings. The number of furan rings is 1. The van der Waals surface area contributed by atoms with Gasteiger partial charge in [0.2, 0.25) is 0 Å². The summed E-state index contributed by atoms with van der Waals surface area (Å²) in [6, 6.07) is 12.8. The first kappa shape index (κ1) is 21.7. The summed E-state index contributed by atoms with van der Waals surface area (Å²) in [5.41, 5.74) is 3.72. The van der Waals surface area contributed by atoms with E-state index in [0.717, 1.165) is 43.2 Å². The van der Waals surface area contributed by atoms with Gasteiger partial charge >= 0.3 is 0 Å². The van der Waals surface area contributed by atoms with Crippen molar-refractivity contribution in [3.05, 3.63) is 60.2 Å². The van der Waals surface area contributed by atoms with Crippen LogP contribution in [0.5, 0.6) is 0 Å². The highest BCUT2D eigenvalue weighted by Crippen LogP contribution is 2.29. The lowest BCUT2D eigenvalue weighted by atomic mass is 9.85. The number of pyridine rings is 1. The molecule has 3 aromatic rings. The van der Waals surface area contributed by atoms with Crippen LogP contribution in [-0.2, 0) is 13.0 Å². The highest BCUT2D eigenvalue weighted by Gasteiger charge is 2.14. The van der Waals surface area contributed by atoms with Crippen LogP contribution in [0.25, 0.3) is 10.9 Å². The molecule has 0 atom stereocenters. The van der Waals surface area contributed by atoms with Gasteiger partial charge in [-0.05, 0) is 55.1 Å². The fraction of sp³-hybridized carbons (Fsp3) is 0.458. The zero-order chi connectivity index (χ0) is 19.0. The molecule has 2 aromatic heterocycles. The largest absolute Gasteiger partial charge is 0.468 e. The standard InChI is InChI=1S/C24H31N3O.ClH/c1-2-6-19(7-3-1)16-20-9-10-22-23(11-14-27-24(22)17-20)26-13-5-12-25-18-21-8-4-15-28-21;/h4,8-11,14-15,17,19,25H,1-3,5-7,12-13,16,18H2,(H,26,27);1H. The van der Waals surface area contributed by atoms with E-state index in [1.807, 2.05) is 18.3 Å². The van der Waals surface area contributed by atoms with Crippen molar-refractivity contribution >= 4 is 29.0 Å². The predicted molar refractivity (Wildman–Crippen MR) is 123 cm³/mol. The maximum absolute atomic E-state index is 5.33. The Morgan fingerprint density at radius 3 is 2.76 bits per heavy atom. The van der Waals surface area contributed by atoms with Crippen molar-refractivity contribution < 1.29 is 4.42 Å². The molecule has 156 valence electrons. The lowest BCUT2D eigenvalue weighted by Crippen LogP contribution is -2.17. The summed E-state index contributed by atoms with van der Waals surface area (Å²) in [5, 5.41) is 8.21. The number of anilines is 1. The van der Waals surface area contributed by atoms with Gasteiger partial charge in [-0.3, -0.25) is 4.98 Å². The summed E-state index contributed by atoms with van der Waals surface area (Å²) in [6.07, 6.45) is 12.9. The van der Waals surface area contributed by atoms with Crippen molar-refractivity contribution in [3.63, 3.8) is 0 Å². The van der Waals surface area contributed by atoms with Gasteiger partial charge in [-0.15, -0.1) is 12.4 Å². The minimum atomic E-state index is 0. The number of hydrogen-bond acceptors (Lipinski definition) is 4. The molecule has 1 saturated carbocycles. The minimum absolute atomic E-state index is 0. The Balaban J connectivity index is 0.00000240. The summed E-state index contributed by atoms with van der Waals surface area (Å²) < 4.78 is 5.33. The topological polar surface area (TPSA) is 50.1 Å². The predicted octanol–water partition coefficient (Wildman–Crippen LogP) is 5.96. The van der Waals surface area contributed by atoms with Gasteiger partial charge in [0.1, 0.15) is 5.76 Å². The number of fused-ring (bicyclic) bond motifs is 1. The molecule has 4 rings (SSSR count). The van der Waals surface area contributed by atoms with Crippen LogP contribution in [0.2, 0.25) is 0 Å². The number of aromatic nitrogens is 1. The van der Waals surface area contributed by atoms with Gasteiger partial charge in [-0.1, -0.05) is 44.2 Å². The molecule has 1 aromatic carbocycles. The highest BCUT2D eigenvalue weighted by atomic mass is 35.5. The SMILES string of the molecule is Cl.c1coc(CNCCCNc2ccnc3cc(CC4CCCCC4)ccc23)c1. The van der Waals surface area contributed by atoms with E-state index in [-0.39, 0.29) is 12.4 Å². The lowest BCUT2D eigenvalue weighted by molar-refractivity contribution is 0.357. The monoisotopic (exact) mass is 413 g/mol. The first-order valence-corrected chi connectivity index (χ1v) is 10.7. The van der Waals surface area contributed by atoms with Crippen LogP contribution in [0.4, 0.5) is 5.69 Å². The van der Waals surface area contributed by atoms with Gasteiger partial charge in [0.05, 0.1) is 18.3 Å². The van der Waals surface area contributed by atoms with Crippen LogP contribution in [0.15, 0.2) is 53.3 Å². The summed E-state index contributed by atoms with van der Waals surface area (Å²) in [6.45, 7) is 2.69. The third-order valence-corrected chi connectivity index (χ3v) is 5.78. The molecule has 2 heterocycles. The fourth-order valence-electron chi connectivity index (χ4n) is 4.26. The molecule has 4 nitrogen and oxygen atoms in total. The van der Waals surface area contributed by atoms with E-state index in [2.05, 4.69) is 39.9 Å². The average molecular weight is 414 g/mol. The molecule has 29 heavy (non-hydrogen) atoms. The van der Waals surface area contributed by atoms with Gasteiger partial charge in [-0.2, -0.15) is 0 Å². The second-order valence-corrected chi connectivity index (χ2v) is 7.95. The van der Waals surface area contributed by atoms with Crippen molar-refractivity contribution in [2.45, 2.75) is 51.5 Å². The molecule has 0 bridgehead atoms. The Morgan fingerprint density at radius 1 is 1.03 bits per heavy atom. The van der Waals surface area contributed by atoms with Crippen molar-refractivity contribution in [3.8, 4) is 0 Å². The normalized spacial score (nSPS) is 14.6. The van der Waals surface area contributed by atoms with Crippen molar-refractivity contribution in [1.82, 2.24) is 10.3 Å². The van der Waals surface area contributed by atoms with E-state index in [1.165, 1.54) is 55.2 Å². The minimum Gasteiger partial charge on any atom is -0.468 e. The molecule has 0 radical (unpaired) electrons. The van der Waals surface area contributed by atoms with E-state index in [9.17, 15) is 0 Å². The van der Waals surface area contributed by atoms with Crippen LogP contribution < -0.4 is 10.6 Å². The van der Waals surface area contributed by atoms with E-state index >= 15 is 0 Å². The maximum atomic E-state index is 5.33. The fourth-order valence-corrected chi connectivity index (χ4v) is 4.26. The van der Waals surface area contributed by atoms with Gasteiger partial charge in [0.15, 0.2) is 0 Å². The third kappa shape index (κ3) is 6.22. The van der Waals surface area contributed by atoms with Crippen LogP contribution in [0.1, 0.15) is 49.8 Å². The average Bonchev–Trinajstić information content (AvgIpc) is 3.25. The number of halogens is 1. The Labute approximate surface area is 179 Å². The van der Waals surface area contributed by atoms with Crippen molar-refractivity contribution in [1.29, 1.82) is 0 Å². The number of hydrogen-bond donors (Lipinski definition) is 2. The Hall–Kier alpha value is -2.04. The number of nitrogens with zero attached hydrogens (tertiary/aromatic N) is 1. The molecule has 2 N–H and O–H groups in total. The second-order valence-electron chi connectivity index (χ2n) is 7.95. The van der Waals surface area contributed by atoms with E-state index in [4.69, 9.17) is 4.42 Å². The molecule has 1 fully saturated rings. The molecule has 1 aliphatic carbocycles. The first-order valence-electron chi connectivity index (χ1n) is 10.7. The molecule has 5 heteroatoms. The quantitative estimate of drug-likeness (QED) is 0.424. The van der Waals surface area contributed by atoms with Crippen LogP contribution in [-0.4, -0.2) is 18.1 Å². The van der Waals surface area contributed by atoms with E-state index in [1.54, 1.807) is 6.26 Å². The number of nitrogens with one attached hydrogen (secondary N) is 2. The number of benzene rings is 1. The molecule has 0 spiro atoms. The second kappa shape index (κ2) is 11.2. The lowest BCUT2D eigenvalue weighted by Gasteiger charge is -2.21. The molecule has 0 aliphatic heterocycles. The Morgan fingerprint density at radius 2 is 1.93 bits per heavy atom. The Bertz CT molecular complexity index is 860. The zero-order valence-corrected chi connectivity index (χ0v) is 17.8. The van der Waals surface area contributed by atoms with Crippen molar-refractivity contribution in [2.75, 3.05) is 18.4 Å². The molecule has 0 amide bonds. The molecular formula is C24H32ClN3O. The smallest absolute Gasteiger partial charge is 0.117 e. The van der Waals surface area contributed by atoms with Gasteiger partial charge < -0.3 is 15.1 Å². The third-order valence-electron chi connectivity index (χ3n) is 5.78. The van der Waals surface area contributed by atoms with E-state index in [0.29, 0.717) is 0 Å².